The van der Waals surface area contributed by atoms with Gasteiger partial charge in [0.1, 0.15) is 0 Å². The van der Waals surface area contributed by atoms with Crippen LogP contribution in [-0.4, -0.2) is 60.4 Å². The summed E-state index contributed by atoms with van der Waals surface area (Å²) in [6.07, 6.45) is 0.987. The molecule has 1 aromatic rings. The molecule has 28 heavy (non-hydrogen) atoms. The number of nitrogens with one attached hydrogen (secondary N) is 1. The molecule has 1 saturated carbocycles. The van der Waals surface area contributed by atoms with Crippen LogP contribution >= 0.6 is 0 Å². The maximum absolute atomic E-state index is 13.2. The molecule has 1 heterocycles. The first-order valence-corrected chi connectivity index (χ1v) is 9.82. The van der Waals surface area contributed by atoms with Gasteiger partial charge in [-0.05, 0) is 25.0 Å². The van der Waals surface area contributed by atoms with Crippen molar-refractivity contribution >= 4 is 11.8 Å². The number of benzene rings is 1. The standard InChI is InChI=1S/C20H26F3N3O2/c21-20(22,23)17-9-5-4-8-16(17)19(28)26-12-10-25(11-13-26)14-18(27)24-15-6-2-1-3-7-15/h4-5,8-9,15H,1-3,6-7,10-14H2,(H,24,27). The SMILES string of the molecule is O=C(CN1CCN(C(=O)c2ccccc2C(F)(F)F)CC1)NC1CCCCC1. The van der Waals surface area contributed by atoms with E-state index >= 15 is 0 Å². The number of nitrogens with zero attached hydrogens (tertiary/aromatic N) is 2. The summed E-state index contributed by atoms with van der Waals surface area (Å²) in [5, 5.41) is 3.06. The molecule has 1 aliphatic heterocycles. The molecule has 2 fully saturated rings. The molecule has 8 heteroatoms. The maximum Gasteiger partial charge on any atom is 0.417 e. The Hall–Kier alpha value is -2.09. The van der Waals surface area contributed by atoms with Crippen molar-refractivity contribution in [1.29, 1.82) is 0 Å². The molecular formula is C20H26F3N3O2. The molecule has 1 aromatic carbocycles. The summed E-state index contributed by atoms with van der Waals surface area (Å²) in [7, 11) is 0. The molecule has 5 nitrogen and oxygen atoms in total. The van der Waals surface area contributed by atoms with Crippen LogP contribution in [-0.2, 0) is 11.0 Å². The van der Waals surface area contributed by atoms with E-state index in [0.717, 1.165) is 31.7 Å². The first-order chi connectivity index (χ1) is 13.3. The van der Waals surface area contributed by atoms with Crippen molar-refractivity contribution in [3.8, 4) is 0 Å². The summed E-state index contributed by atoms with van der Waals surface area (Å²) < 4.78 is 39.5. The highest BCUT2D eigenvalue weighted by Crippen LogP contribution is 2.32. The first kappa shape index (κ1) is 20.6. The Morgan fingerprint density at radius 3 is 2.29 bits per heavy atom. The Kier molecular flexibility index (Phi) is 6.59. The van der Waals surface area contributed by atoms with Gasteiger partial charge in [0.05, 0.1) is 17.7 Å². The van der Waals surface area contributed by atoms with Crippen LogP contribution in [0.5, 0.6) is 0 Å². The third kappa shape index (κ3) is 5.25. The van der Waals surface area contributed by atoms with Crippen LogP contribution in [0.2, 0.25) is 0 Å². The van der Waals surface area contributed by atoms with Crippen LogP contribution in [0.3, 0.4) is 0 Å². The molecule has 2 aliphatic rings. The van der Waals surface area contributed by atoms with E-state index < -0.39 is 17.6 Å². The summed E-state index contributed by atoms with van der Waals surface area (Å²) >= 11 is 0. The molecule has 0 spiro atoms. The second-order valence-electron chi connectivity index (χ2n) is 7.51. The zero-order valence-corrected chi connectivity index (χ0v) is 15.8. The normalized spacial score (nSPS) is 19.5. The Bertz CT molecular complexity index is 694. The average Bonchev–Trinajstić information content (AvgIpc) is 2.68. The Labute approximate surface area is 162 Å². The second-order valence-corrected chi connectivity index (χ2v) is 7.51. The van der Waals surface area contributed by atoms with Crippen LogP contribution in [0.25, 0.3) is 0 Å². The van der Waals surface area contributed by atoms with Crippen molar-refractivity contribution in [2.45, 2.75) is 44.3 Å². The smallest absolute Gasteiger partial charge is 0.352 e. The number of amides is 2. The molecule has 0 aromatic heterocycles. The van der Waals surface area contributed by atoms with Gasteiger partial charge in [0.2, 0.25) is 5.91 Å². The molecule has 0 bridgehead atoms. The lowest BCUT2D eigenvalue weighted by atomic mass is 9.95. The van der Waals surface area contributed by atoms with Gasteiger partial charge in [-0.25, -0.2) is 0 Å². The Morgan fingerprint density at radius 1 is 1.00 bits per heavy atom. The van der Waals surface area contributed by atoms with Gasteiger partial charge in [-0.1, -0.05) is 31.4 Å². The van der Waals surface area contributed by atoms with Gasteiger partial charge < -0.3 is 10.2 Å². The van der Waals surface area contributed by atoms with Crippen LogP contribution < -0.4 is 5.32 Å². The predicted molar refractivity (Wildman–Crippen MR) is 98.8 cm³/mol. The van der Waals surface area contributed by atoms with E-state index in [1.807, 2.05) is 4.90 Å². The van der Waals surface area contributed by atoms with Gasteiger partial charge in [-0.2, -0.15) is 13.2 Å². The zero-order chi connectivity index (χ0) is 20.1. The van der Waals surface area contributed by atoms with E-state index in [2.05, 4.69) is 5.32 Å². The average molecular weight is 397 g/mol. The van der Waals surface area contributed by atoms with Crippen LogP contribution in [0.15, 0.2) is 24.3 Å². The van der Waals surface area contributed by atoms with Crippen LogP contribution in [0, 0.1) is 0 Å². The largest absolute Gasteiger partial charge is 0.417 e. The topological polar surface area (TPSA) is 52.7 Å². The maximum atomic E-state index is 13.2. The summed E-state index contributed by atoms with van der Waals surface area (Å²) in [4.78, 5) is 28.2. The zero-order valence-electron chi connectivity index (χ0n) is 15.8. The second kappa shape index (κ2) is 8.94. The minimum atomic E-state index is -4.56. The third-order valence-electron chi connectivity index (χ3n) is 5.46. The number of rotatable bonds is 4. The first-order valence-electron chi connectivity index (χ1n) is 9.82. The van der Waals surface area contributed by atoms with Crippen LogP contribution in [0.1, 0.15) is 48.0 Å². The predicted octanol–water partition coefficient (Wildman–Crippen LogP) is 2.91. The van der Waals surface area contributed by atoms with E-state index in [1.54, 1.807) is 0 Å². The van der Waals surface area contributed by atoms with E-state index in [9.17, 15) is 22.8 Å². The van der Waals surface area contributed by atoms with Crippen molar-refractivity contribution in [2.75, 3.05) is 32.7 Å². The van der Waals surface area contributed by atoms with Gasteiger partial charge in [0.25, 0.3) is 5.91 Å². The van der Waals surface area contributed by atoms with Gasteiger partial charge in [0.15, 0.2) is 0 Å². The highest BCUT2D eigenvalue weighted by molar-refractivity contribution is 5.96. The van der Waals surface area contributed by atoms with Crippen LogP contribution in [0.4, 0.5) is 13.2 Å². The number of carbonyl (C=O) groups excluding carboxylic acids is 2. The number of piperazine rings is 1. The van der Waals surface area contributed by atoms with E-state index in [4.69, 9.17) is 0 Å². The monoisotopic (exact) mass is 397 g/mol. The summed E-state index contributed by atoms with van der Waals surface area (Å²) in [6.45, 7) is 1.82. The third-order valence-corrected chi connectivity index (χ3v) is 5.46. The molecule has 154 valence electrons. The summed E-state index contributed by atoms with van der Waals surface area (Å²) in [6, 6.07) is 5.12. The van der Waals surface area contributed by atoms with Gasteiger partial charge in [-0.15, -0.1) is 0 Å². The lowest BCUT2D eigenvalue weighted by Crippen LogP contribution is -2.52. The van der Waals surface area contributed by atoms with Gasteiger partial charge >= 0.3 is 6.18 Å². The fourth-order valence-electron chi connectivity index (χ4n) is 3.92. The molecule has 0 unspecified atom stereocenters. The van der Waals surface area contributed by atoms with E-state index in [0.29, 0.717) is 26.2 Å². The Morgan fingerprint density at radius 2 is 1.64 bits per heavy atom. The van der Waals surface area contributed by atoms with E-state index in [-0.39, 0.29) is 24.1 Å². The number of hydrogen-bond acceptors (Lipinski definition) is 3. The molecule has 3 rings (SSSR count). The number of alkyl halides is 3. The molecule has 0 atom stereocenters. The molecular weight excluding hydrogens is 371 g/mol. The number of hydrogen-bond donors (Lipinski definition) is 1. The minimum absolute atomic E-state index is 0.0194. The van der Waals surface area contributed by atoms with Crippen molar-refractivity contribution < 1.29 is 22.8 Å². The molecule has 2 amide bonds. The lowest BCUT2D eigenvalue weighted by molar-refractivity contribution is -0.138. The fourth-order valence-corrected chi connectivity index (χ4v) is 3.92. The molecule has 1 saturated heterocycles. The molecule has 1 N–H and O–H groups in total. The Balaban J connectivity index is 1.51. The van der Waals surface area contributed by atoms with Crippen molar-refractivity contribution in [3.05, 3.63) is 35.4 Å². The van der Waals surface area contributed by atoms with Crippen molar-refractivity contribution in [2.24, 2.45) is 0 Å². The summed E-state index contributed by atoms with van der Waals surface area (Å²) in [5.74, 6) is -0.631. The van der Waals surface area contributed by atoms with Gasteiger partial charge in [0, 0.05) is 32.2 Å². The van der Waals surface area contributed by atoms with E-state index in [1.165, 1.54) is 29.5 Å². The molecule has 1 aliphatic carbocycles. The highest BCUT2D eigenvalue weighted by Gasteiger charge is 2.36. The van der Waals surface area contributed by atoms with Crippen molar-refractivity contribution in [3.63, 3.8) is 0 Å². The van der Waals surface area contributed by atoms with Crippen molar-refractivity contribution in [1.82, 2.24) is 15.1 Å². The molecule has 0 radical (unpaired) electrons. The highest BCUT2D eigenvalue weighted by atomic mass is 19.4. The number of carbonyl (C=O) groups is 2. The van der Waals surface area contributed by atoms with Gasteiger partial charge in [-0.3, -0.25) is 14.5 Å². The minimum Gasteiger partial charge on any atom is -0.352 e. The summed E-state index contributed by atoms with van der Waals surface area (Å²) in [5.41, 5.74) is -1.23. The lowest BCUT2D eigenvalue weighted by Gasteiger charge is -2.35. The number of halogens is 3. The fraction of sp³-hybridized carbons (Fsp3) is 0.600. The quantitative estimate of drug-likeness (QED) is 0.850.